The van der Waals surface area contributed by atoms with Gasteiger partial charge in [-0.2, -0.15) is 0 Å². The third kappa shape index (κ3) is 6.06. The molecule has 0 rings (SSSR count). The lowest BCUT2D eigenvalue weighted by molar-refractivity contribution is -0.129. The summed E-state index contributed by atoms with van der Waals surface area (Å²) in [4.78, 5) is 22.8. The van der Waals surface area contributed by atoms with Crippen molar-refractivity contribution in [3.8, 4) is 0 Å². The standard InChI is InChI=1S/C10H21N3O2/c1-6(11)8(14)12-7(2)9(15)13-10(3,4)5/h6-7H,11H2,1-5H3,(H,12,14)(H,13,15)/t6-,7-/m0/s1. The van der Waals surface area contributed by atoms with Crippen molar-refractivity contribution < 1.29 is 9.59 Å². The van der Waals surface area contributed by atoms with E-state index < -0.39 is 12.1 Å². The minimum atomic E-state index is -0.602. The molecule has 0 radical (unpaired) electrons. The lowest BCUT2D eigenvalue weighted by atomic mass is 10.1. The highest BCUT2D eigenvalue weighted by molar-refractivity contribution is 5.89. The van der Waals surface area contributed by atoms with Gasteiger partial charge in [-0.05, 0) is 34.6 Å². The van der Waals surface area contributed by atoms with E-state index in [4.69, 9.17) is 5.73 Å². The molecule has 2 amide bonds. The van der Waals surface area contributed by atoms with Gasteiger partial charge >= 0.3 is 0 Å². The van der Waals surface area contributed by atoms with Crippen molar-refractivity contribution in [2.24, 2.45) is 5.73 Å². The van der Waals surface area contributed by atoms with Crippen molar-refractivity contribution in [3.63, 3.8) is 0 Å². The van der Waals surface area contributed by atoms with Crippen LogP contribution in [-0.4, -0.2) is 29.4 Å². The number of hydrogen-bond acceptors (Lipinski definition) is 3. The Morgan fingerprint density at radius 1 is 1.13 bits per heavy atom. The number of rotatable bonds is 3. The molecule has 0 aliphatic carbocycles. The maximum atomic E-state index is 11.6. The summed E-state index contributed by atoms with van der Waals surface area (Å²) in [5, 5.41) is 5.29. The van der Waals surface area contributed by atoms with Crippen LogP contribution in [0, 0.1) is 0 Å². The lowest BCUT2D eigenvalue weighted by Crippen LogP contribution is -2.53. The van der Waals surface area contributed by atoms with Crippen LogP contribution in [0.3, 0.4) is 0 Å². The molecule has 0 saturated heterocycles. The molecular weight excluding hydrogens is 194 g/mol. The second-order valence-corrected chi connectivity index (χ2v) is 4.76. The zero-order valence-electron chi connectivity index (χ0n) is 10.0. The van der Waals surface area contributed by atoms with Crippen LogP contribution in [-0.2, 0) is 9.59 Å². The molecule has 0 aromatic rings. The Balaban J connectivity index is 4.17. The Labute approximate surface area is 90.8 Å². The minimum Gasteiger partial charge on any atom is -0.350 e. The maximum absolute atomic E-state index is 11.6. The number of carbonyl (C=O) groups excluding carboxylic acids is 2. The van der Waals surface area contributed by atoms with Gasteiger partial charge in [-0.25, -0.2) is 0 Å². The normalized spacial score (nSPS) is 15.3. The van der Waals surface area contributed by atoms with E-state index in [1.165, 1.54) is 0 Å². The van der Waals surface area contributed by atoms with Gasteiger partial charge in [0.15, 0.2) is 0 Å². The fourth-order valence-corrected chi connectivity index (χ4v) is 0.888. The highest BCUT2D eigenvalue weighted by atomic mass is 16.2. The molecule has 5 heteroatoms. The van der Waals surface area contributed by atoms with Crippen molar-refractivity contribution in [2.45, 2.75) is 52.2 Å². The Morgan fingerprint density at radius 2 is 1.60 bits per heavy atom. The van der Waals surface area contributed by atoms with Gasteiger partial charge in [0.1, 0.15) is 6.04 Å². The molecule has 15 heavy (non-hydrogen) atoms. The van der Waals surface area contributed by atoms with E-state index in [2.05, 4.69) is 10.6 Å². The zero-order valence-corrected chi connectivity index (χ0v) is 10.0. The smallest absolute Gasteiger partial charge is 0.242 e. The molecule has 0 saturated carbocycles. The van der Waals surface area contributed by atoms with Crippen molar-refractivity contribution in [2.75, 3.05) is 0 Å². The monoisotopic (exact) mass is 215 g/mol. The number of nitrogens with two attached hydrogens (primary N) is 1. The van der Waals surface area contributed by atoms with E-state index in [9.17, 15) is 9.59 Å². The largest absolute Gasteiger partial charge is 0.350 e. The average molecular weight is 215 g/mol. The molecule has 0 heterocycles. The number of carbonyl (C=O) groups is 2. The Morgan fingerprint density at radius 3 is 1.93 bits per heavy atom. The molecule has 4 N–H and O–H groups in total. The summed E-state index contributed by atoms with van der Waals surface area (Å²) < 4.78 is 0. The van der Waals surface area contributed by atoms with Crippen LogP contribution in [0.15, 0.2) is 0 Å². The van der Waals surface area contributed by atoms with Crippen molar-refractivity contribution in [1.82, 2.24) is 10.6 Å². The van der Waals surface area contributed by atoms with Gasteiger partial charge in [0, 0.05) is 5.54 Å². The highest BCUT2D eigenvalue weighted by Crippen LogP contribution is 1.99. The molecule has 0 unspecified atom stereocenters. The van der Waals surface area contributed by atoms with Crippen molar-refractivity contribution in [1.29, 1.82) is 0 Å². The molecule has 0 aromatic heterocycles. The summed E-state index contributed by atoms with van der Waals surface area (Å²) >= 11 is 0. The first-order valence-corrected chi connectivity index (χ1v) is 5.01. The Kier molecular flexibility index (Phi) is 4.74. The van der Waals surface area contributed by atoms with E-state index >= 15 is 0 Å². The quantitative estimate of drug-likeness (QED) is 0.607. The van der Waals surface area contributed by atoms with Crippen LogP contribution in [0.1, 0.15) is 34.6 Å². The molecule has 0 aliphatic heterocycles. The summed E-state index contributed by atoms with van der Waals surface area (Å²) in [6, 6.07) is -1.17. The topological polar surface area (TPSA) is 84.2 Å². The highest BCUT2D eigenvalue weighted by Gasteiger charge is 2.21. The third-order valence-electron chi connectivity index (χ3n) is 1.66. The van der Waals surface area contributed by atoms with Gasteiger partial charge in [0.05, 0.1) is 6.04 Å². The molecular formula is C10H21N3O2. The Hall–Kier alpha value is -1.10. The maximum Gasteiger partial charge on any atom is 0.242 e. The molecule has 0 aliphatic rings. The van der Waals surface area contributed by atoms with Crippen LogP contribution in [0.2, 0.25) is 0 Å². The van der Waals surface area contributed by atoms with Gasteiger partial charge in [-0.15, -0.1) is 0 Å². The fourth-order valence-electron chi connectivity index (χ4n) is 0.888. The molecule has 0 aromatic carbocycles. The first kappa shape index (κ1) is 13.9. The summed E-state index contributed by atoms with van der Waals surface area (Å²) in [7, 11) is 0. The zero-order chi connectivity index (χ0) is 12.2. The Bertz CT molecular complexity index is 244. The summed E-state index contributed by atoms with van der Waals surface area (Å²) in [5.74, 6) is -0.539. The van der Waals surface area contributed by atoms with Crippen molar-refractivity contribution in [3.05, 3.63) is 0 Å². The van der Waals surface area contributed by atoms with E-state index in [0.29, 0.717) is 0 Å². The van der Waals surface area contributed by atoms with Crippen LogP contribution in [0.5, 0.6) is 0 Å². The molecule has 0 fully saturated rings. The lowest BCUT2D eigenvalue weighted by Gasteiger charge is -2.24. The molecule has 88 valence electrons. The molecule has 0 spiro atoms. The van der Waals surface area contributed by atoms with Crippen LogP contribution in [0.4, 0.5) is 0 Å². The SMILES string of the molecule is C[C@H](N)C(=O)N[C@@H](C)C(=O)NC(C)(C)C. The summed E-state index contributed by atoms with van der Waals surface area (Å²) in [6.07, 6.45) is 0. The number of hydrogen-bond donors (Lipinski definition) is 3. The minimum absolute atomic E-state index is 0.212. The third-order valence-corrected chi connectivity index (χ3v) is 1.66. The van der Waals surface area contributed by atoms with Crippen molar-refractivity contribution >= 4 is 11.8 Å². The van der Waals surface area contributed by atoms with Crippen LogP contribution >= 0.6 is 0 Å². The first-order valence-electron chi connectivity index (χ1n) is 5.01. The van der Waals surface area contributed by atoms with Crippen LogP contribution in [0.25, 0.3) is 0 Å². The van der Waals surface area contributed by atoms with Gasteiger partial charge in [0.2, 0.25) is 11.8 Å². The predicted octanol–water partition coefficient (Wildman–Crippen LogP) is -0.247. The summed E-state index contributed by atoms with van der Waals surface area (Å²) in [6.45, 7) is 8.84. The molecule has 5 nitrogen and oxygen atoms in total. The molecule has 0 bridgehead atoms. The van der Waals surface area contributed by atoms with Gasteiger partial charge in [-0.1, -0.05) is 0 Å². The van der Waals surface area contributed by atoms with E-state index in [0.717, 1.165) is 0 Å². The summed E-state index contributed by atoms with van der Waals surface area (Å²) in [5.41, 5.74) is 5.07. The first-order chi connectivity index (χ1) is 6.63. The van der Waals surface area contributed by atoms with E-state index in [1.807, 2.05) is 20.8 Å². The second-order valence-electron chi connectivity index (χ2n) is 4.76. The van der Waals surface area contributed by atoms with E-state index in [-0.39, 0.29) is 17.4 Å². The predicted molar refractivity (Wildman–Crippen MR) is 59.1 cm³/mol. The fraction of sp³-hybridized carbons (Fsp3) is 0.800. The molecule has 2 atom stereocenters. The number of nitrogens with one attached hydrogen (secondary N) is 2. The second kappa shape index (κ2) is 5.11. The number of amides is 2. The van der Waals surface area contributed by atoms with Gasteiger partial charge < -0.3 is 16.4 Å². The average Bonchev–Trinajstić information content (AvgIpc) is 2.00. The van der Waals surface area contributed by atoms with Gasteiger partial charge in [-0.3, -0.25) is 9.59 Å². The van der Waals surface area contributed by atoms with Crippen LogP contribution < -0.4 is 16.4 Å². The van der Waals surface area contributed by atoms with E-state index in [1.54, 1.807) is 13.8 Å². The van der Waals surface area contributed by atoms with Gasteiger partial charge in [0.25, 0.3) is 0 Å².